The molecule has 0 aliphatic carbocycles. The Labute approximate surface area is 111 Å². The minimum absolute atomic E-state index is 0.000648. The van der Waals surface area contributed by atoms with Gasteiger partial charge in [-0.3, -0.25) is 4.79 Å². The maximum Gasteiger partial charge on any atom is 0.166 e. The van der Waals surface area contributed by atoms with E-state index < -0.39 is 0 Å². The van der Waals surface area contributed by atoms with Crippen molar-refractivity contribution in [1.82, 2.24) is 0 Å². The summed E-state index contributed by atoms with van der Waals surface area (Å²) in [7, 11) is 0. The predicted octanol–water partition coefficient (Wildman–Crippen LogP) is 4.51. The lowest BCUT2D eigenvalue weighted by atomic mass is 9.94. The largest absolute Gasteiger partial charge is 0.507 e. The number of benzene rings is 1. The van der Waals surface area contributed by atoms with Crippen LogP contribution in [-0.4, -0.2) is 10.9 Å². The Bertz CT molecular complexity index is 422. The van der Waals surface area contributed by atoms with E-state index in [0.29, 0.717) is 17.9 Å². The third-order valence-electron chi connectivity index (χ3n) is 2.62. The number of halogens is 1. The summed E-state index contributed by atoms with van der Waals surface area (Å²) in [5, 5.41) is 10.1. The number of phenols is 1. The fraction of sp³-hybridized carbons (Fsp3) is 0.500. The predicted molar refractivity (Wildman–Crippen MR) is 73.7 cm³/mol. The third-order valence-corrected chi connectivity index (χ3v) is 3.08. The first-order valence-corrected chi connectivity index (χ1v) is 6.67. The van der Waals surface area contributed by atoms with Gasteiger partial charge in [0.05, 0.1) is 5.56 Å². The van der Waals surface area contributed by atoms with Crippen LogP contribution in [0.1, 0.15) is 56.0 Å². The first-order chi connectivity index (χ1) is 7.82. The zero-order chi connectivity index (χ0) is 13.2. The number of ketones is 1. The molecule has 0 saturated carbocycles. The zero-order valence-corrected chi connectivity index (χ0v) is 12.3. The standard InChI is InChI=1S/C14H19BrO2/c1-8(2)5-13(16)12-7-10(15)6-11(9(3)4)14(12)17/h6-9,17H,5H2,1-4H3. The summed E-state index contributed by atoms with van der Waals surface area (Å²) in [4.78, 5) is 12.0. The SMILES string of the molecule is CC(C)CC(=O)c1cc(Br)cc(C(C)C)c1O. The molecule has 0 atom stereocenters. The zero-order valence-electron chi connectivity index (χ0n) is 10.7. The fourth-order valence-electron chi connectivity index (χ4n) is 1.75. The van der Waals surface area contributed by atoms with Gasteiger partial charge in [-0.1, -0.05) is 43.6 Å². The Morgan fingerprint density at radius 3 is 2.35 bits per heavy atom. The Morgan fingerprint density at radius 1 is 1.29 bits per heavy atom. The second-order valence-corrected chi connectivity index (χ2v) is 5.98. The normalized spacial score (nSPS) is 11.2. The molecule has 1 N–H and O–H groups in total. The molecule has 2 nitrogen and oxygen atoms in total. The summed E-state index contributed by atoms with van der Waals surface area (Å²) in [6.45, 7) is 7.99. The van der Waals surface area contributed by atoms with Gasteiger partial charge in [0.15, 0.2) is 5.78 Å². The van der Waals surface area contributed by atoms with E-state index in [1.54, 1.807) is 6.07 Å². The molecule has 1 aromatic carbocycles. The fourth-order valence-corrected chi connectivity index (χ4v) is 2.23. The van der Waals surface area contributed by atoms with Crippen molar-refractivity contribution in [3.8, 4) is 5.75 Å². The molecular formula is C14H19BrO2. The Kier molecular flexibility index (Phi) is 4.75. The Morgan fingerprint density at radius 2 is 1.88 bits per heavy atom. The third kappa shape index (κ3) is 3.56. The lowest BCUT2D eigenvalue weighted by Gasteiger charge is -2.13. The van der Waals surface area contributed by atoms with Gasteiger partial charge in [0.25, 0.3) is 0 Å². The van der Waals surface area contributed by atoms with E-state index in [1.807, 2.05) is 33.8 Å². The quantitative estimate of drug-likeness (QED) is 0.831. The van der Waals surface area contributed by atoms with Crippen LogP contribution in [0.5, 0.6) is 5.75 Å². The topological polar surface area (TPSA) is 37.3 Å². The molecule has 0 aliphatic rings. The van der Waals surface area contributed by atoms with Crippen molar-refractivity contribution in [2.75, 3.05) is 0 Å². The smallest absolute Gasteiger partial charge is 0.166 e. The summed E-state index contributed by atoms with van der Waals surface area (Å²) in [6, 6.07) is 3.57. The van der Waals surface area contributed by atoms with Gasteiger partial charge in [-0.05, 0) is 29.5 Å². The highest BCUT2D eigenvalue weighted by Crippen LogP contribution is 2.33. The molecule has 1 aromatic rings. The second-order valence-electron chi connectivity index (χ2n) is 5.07. The molecule has 1 rings (SSSR count). The molecular weight excluding hydrogens is 280 g/mol. The highest BCUT2D eigenvalue weighted by Gasteiger charge is 2.18. The van der Waals surface area contributed by atoms with Crippen molar-refractivity contribution in [1.29, 1.82) is 0 Å². The highest BCUT2D eigenvalue weighted by atomic mass is 79.9. The summed E-state index contributed by atoms with van der Waals surface area (Å²) in [5.41, 5.74) is 1.24. The average molecular weight is 299 g/mol. The van der Waals surface area contributed by atoms with Crippen molar-refractivity contribution in [3.63, 3.8) is 0 Å². The lowest BCUT2D eigenvalue weighted by Crippen LogP contribution is -2.05. The van der Waals surface area contributed by atoms with Crippen LogP contribution in [0, 0.1) is 5.92 Å². The van der Waals surface area contributed by atoms with E-state index in [2.05, 4.69) is 15.9 Å². The van der Waals surface area contributed by atoms with Gasteiger partial charge in [0, 0.05) is 10.9 Å². The summed E-state index contributed by atoms with van der Waals surface area (Å²) in [6.07, 6.45) is 0.460. The Balaban J connectivity index is 3.20. The number of hydrogen-bond donors (Lipinski definition) is 1. The van der Waals surface area contributed by atoms with Crippen LogP contribution in [0.25, 0.3) is 0 Å². The van der Waals surface area contributed by atoms with E-state index in [-0.39, 0.29) is 17.5 Å². The molecule has 94 valence electrons. The monoisotopic (exact) mass is 298 g/mol. The summed E-state index contributed by atoms with van der Waals surface area (Å²) in [5.74, 6) is 0.621. The van der Waals surface area contributed by atoms with Gasteiger partial charge in [0.1, 0.15) is 5.75 Å². The van der Waals surface area contributed by atoms with Gasteiger partial charge < -0.3 is 5.11 Å². The van der Waals surface area contributed by atoms with Crippen LogP contribution in [0.4, 0.5) is 0 Å². The second kappa shape index (κ2) is 5.67. The lowest BCUT2D eigenvalue weighted by molar-refractivity contribution is 0.0965. The molecule has 0 saturated heterocycles. The van der Waals surface area contributed by atoms with E-state index in [9.17, 15) is 9.90 Å². The first kappa shape index (κ1) is 14.2. The van der Waals surface area contributed by atoms with Crippen molar-refractivity contribution in [2.24, 2.45) is 5.92 Å². The molecule has 17 heavy (non-hydrogen) atoms. The van der Waals surface area contributed by atoms with Crippen LogP contribution < -0.4 is 0 Å². The number of Topliss-reactive ketones (excluding diaryl/α,β-unsaturated/α-hetero) is 1. The van der Waals surface area contributed by atoms with Gasteiger partial charge in [-0.2, -0.15) is 0 Å². The van der Waals surface area contributed by atoms with E-state index >= 15 is 0 Å². The number of rotatable bonds is 4. The van der Waals surface area contributed by atoms with Gasteiger partial charge in [0.2, 0.25) is 0 Å². The van der Waals surface area contributed by atoms with Crippen LogP contribution in [0.15, 0.2) is 16.6 Å². The Hall–Kier alpha value is -0.830. The molecule has 0 unspecified atom stereocenters. The molecule has 0 aliphatic heterocycles. The van der Waals surface area contributed by atoms with Crippen molar-refractivity contribution < 1.29 is 9.90 Å². The number of carbonyl (C=O) groups is 1. The molecule has 0 spiro atoms. The van der Waals surface area contributed by atoms with Crippen LogP contribution in [0.3, 0.4) is 0 Å². The highest BCUT2D eigenvalue weighted by molar-refractivity contribution is 9.10. The van der Waals surface area contributed by atoms with Crippen molar-refractivity contribution in [2.45, 2.75) is 40.0 Å². The van der Waals surface area contributed by atoms with E-state index in [0.717, 1.165) is 10.0 Å². The molecule has 0 aromatic heterocycles. The number of phenolic OH excluding ortho intramolecular Hbond substituents is 1. The van der Waals surface area contributed by atoms with Crippen LogP contribution >= 0.6 is 15.9 Å². The summed E-state index contributed by atoms with van der Waals surface area (Å²) < 4.78 is 0.839. The number of aromatic hydroxyl groups is 1. The minimum Gasteiger partial charge on any atom is -0.507 e. The maximum absolute atomic E-state index is 12.0. The van der Waals surface area contributed by atoms with Crippen LogP contribution in [0.2, 0.25) is 0 Å². The average Bonchev–Trinajstić information content (AvgIpc) is 2.19. The number of hydrogen-bond acceptors (Lipinski definition) is 2. The molecule has 0 fully saturated rings. The van der Waals surface area contributed by atoms with Crippen molar-refractivity contribution in [3.05, 3.63) is 27.7 Å². The van der Waals surface area contributed by atoms with E-state index in [4.69, 9.17) is 0 Å². The van der Waals surface area contributed by atoms with Gasteiger partial charge in [-0.15, -0.1) is 0 Å². The van der Waals surface area contributed by atoms with E-state index in [1.165, 1.54) is 0 Å². The van der Waals surface area contributed by atoms with Crippen molar-refractivity contribution >= 4 is 21.7 Å². The van der Waals surface area contributed by atoms with Crippen LogP contribution in [-0.2, 0) is 0 Å². The van der Waals surface area contributed by atoms with Gasteiger partial charge in [-0.25, -0.2) is 0 Å². The summed E-state index contributed by atoms with van der Waals surface area (Å²) >= 11 is 3.39. The van der Waals surface area contributed by atoms with Gasteiger partial charge >= 0.3 is 0 Å². The minimum atomic E-state index is 0.000648. The molecule has 0 heterocycles. The molecule has 0 bridgehead atoms. The number of carbonyl (C=O) groups excluding carboxylic acids is 1. The first-order valence-electron chi connectivity index (χ1n) is 5.88. The molecule has 0 radical (unpaired) electrons. The maximum atomic E-state index is 12.0. The molecule has 3 heteroatoms. The molecule has 0 amide bonds.